The summed E-state index contributed by atoms with van der Waals surface area (Å²) in [5.74, 6) is -1.13. The van der Waals surface area contributed by atoms with Gasteiger partial charge in [-0.2, -0.15) is 0 Å². The molecule has 170 valence electrons. The highest BCUT2D eigenvalue weighted by Gasteiger charge is 2.76. The van der Waals surface area contributed by atoms with E-state index in [1.807, 2.05) is 6.92 Å². The van der Waals surface area contributed by atoms with Gasteiger partial charge >= 0.3 is 5.97 Å². The Morgan fingerprint density at radius 2 is 2.00 bits per heavy atom. The molecule has 0 radical (unpaired) electrons. The number of ketones is 1. The summed E-state index contributed by atoms with van der Waals surface area (Å²) in [7, 11) is 0. The topological polar surface area (TPSA) is 104 Å². The van der Waals surface area contributed by atoms with Crippen LogP contribution in [0.1, 0.15) is 48.0 Å². The number of aliphatic hydroxyl groups excluding tert-OH is 2. The highest BCUT2D eigenvalue weighted by atomic mass is 16.6. The van der Waals surface area contributed by atoms with Crippen molar-refractivity contribution in [1.82, 2.24) is 0 Å². The van der Waals surface area contributed by atoms with Gasteiger partial charge in [-0.1, -0.05) is 39.0 Å². The molecular weight excluding hydrogens is 396 g/mol. The summed E-state index contributed by atoms with van der Waals surface area (Å²) in [6, 6.07) is 0. The van der Waals surface area contributed by atoms with E-state index in [0.29, 0.717) is 17.1 Å². The summed E-state index contributed by atoms with van der Waals surface area (Å²) in [5, 5.41) is 33.7. The van der Waals surface area contributed by atoms with Gasteiger partial charge in [0, 0.05) is 11.5 Å². The normalized spacial score (nSPS) is 45.6. The highest BCUT2D eigenvalue weighted by Crippen LogP contribution is 2.71. The van der Waals surface area contributed by atoms with Crippen LogP contribution in [0.4, 0.5) is 0 Å². The number of aliphatic hydroxyl groups is 3. The quantitative estimate of drug-likeness (QED) is 0.361. The van der Waals surface area contributed by atoms with E-state index in [4.69, 9.17) is 4.74 Å². The Labute approximate surface area is 183 Å². The first-order chi connectivity index (χ1) is 14.4. The molecule has 31 heavy (non-hydrogen) atoms. The van der Waals surface area contributed by atoms with Crippen LogP contribution in [0.2, 0.25) is 0 Å². The second kappa shape index (κ2) is 6.87. The maximum Gasteiger partial charge on any atom is 0.334 e. The van der Waals surface area contributed by atoms with E-state index in [1.165, 1.54) is 0 Å². The Bertz CT molecular complexity index is 926. The minimum absolute atomic E-state index is 0.0209. The monoisotopic (exact) mass is 430 g/mol. The lowest BCUT2D eigenvalue weighted by molar-refractivity contribution is -0.201. The predicted octanol–water partition coefficient (Wildman–Crippen LogP) is 2.33. The Morgan fingerprint density at radius 3 is 2.58 bits per heavy atom. The molecule has 0 amide bonds. The summed E-state index contributed by atoms with van der Waals surface area (Å²) in [6.07, 6.45) is 3.04. The largest absolute Gasteiger partial charge is 0.451 e. The van der Waals surface area contributed by atoms with Crippen molar-refractivity contribution in [2.45, 2.75) is 65.8 Å². The van der Waals surface area contributed by atoms with E-state index < -0.39 is 41.7 Å². The molecule has 1 spiro atoms. The van der Waals surface area contributed by atoms with Gasteiger partial charge in [0.05, 0.1) is 12.0 Å². The molecule has 0 saturated heterocycles. The lowest BCUT2D eigenvalue weighted by Crippen LogP contribution is -2.65. The number of allylic oxidation sites excluding steroid dienone is 2. The van der Waals surface area contributed by atoms with Crippen LogP contribution < -0.4 is 0 Å². The van der Waals surface area contributed by atoms with E-state index in [1.54, 1.807) is 39.0 Å². The fourth-order valence-corrected chi connectivity index (χ4v) is 6.91. The fourth-order valence-electron chi connectivity index (χ4n) is 6.91. The minimum Gasteiger partial charge on any atom is -0.451 e. The SMILES string of the molecule is C/C=C(/C)C(=O)O[C@H]1C(C)=C[C@@]23C(=O)[C@@H](C=C(CO)[C@@H](O)[C@]12O)[C@H]1[C@@H](C[C@H]3C)C1(C)C. The van der Waals surface area contributed by atoms with Gasteiger partial charge in [0.15, 0.2) is 17.5 Å². The van der Waals surface area contributed by atoms with Crippen LogP contribution >= 0.6 is 0 Å². The van der Waals surface area contributed by atoms with Crippen molar-refractivity contribution in [3.05, 3.63) is 34.9 Å². The lowest BCUT2D eigenvalue weighted by Gasteiger charge is -2.48. The number of carbonyl (C=O) groups excluding carboxylic acids is 2. The number of ether oxygens (including phenoxy) is 1. The Balaban J connectivity index is 1.91. The maximum atomic E-state index is 14.2. The molecule has 3 N–H and O–H groups in total. The second-order valence-electron chi connectivity index (χ2n) is 10.6. The molecule has 6 nitrogen and oxygen atoms in total. The Kier molecular flexibility index (Phi) is 4.97. The minimum atomic E-state index is -2.08. The van der Waals surface area contributed by atoms with Gasteiger partial charge in [-0.25, -0.2) is 4.79 Å². The fraction of sp³-hybridized carbons (Fsp3) is 0.680. The predicted molar refractivity (Wildman–Crippen MR) is 115 cm³/mol. The third-order valence-electron chi connectivity index (χ3n) is 8.88. The summed E-state index contributed by atoms with van der Waals surface area (Å²) in [5.41, 5.74) is -2.36. The summed E-state index contributed by atoms with van der Waals surface area (Å²) >= 11 is 0. The van der Waals surface area contributed by atoms with Crippen molar-refractivity contribution in [2.75, 3.05) is 6.61 Å². The molecule has 0 aromatic heterocycles. The van der Waals surface area contributed by atoms with Gasteiger partial charge in [-0.05, 0) is 61.5 Å². The molecule has 0 aromatic rings. The van der Waals surface area contributed by atoms with Crippen LogP contribution in [0.3, 0.4) is 0 Å². The number of Topliss-reactive ketones (excluding diaryl/α,β-unsaturated/α-hetero) is 1. The smallest absolute Gasteiger partial charge is 0.334 e. The van der Waals surface area contributed by atoms with Crippen molar-refractivity contribution < 1.29 is 29.6 Å². The van der Waals surface area contributed by atoms with Crippen LogP contribution in [-0.4, -0.2) is 51.5 Å². The van der Waals surface area contributed by atoms with Crippen molar-refractivity contribution in [3.63, 3.8) is 0 Å². The first-order valence-corrected chi connectivity index (χ1v) is 11.2. The molecule has 4 aliphatic rings. The number of rotatable bonds is 3. The van der Waals surface area contributed by atoms with Crippen molar-refractivity contribution >= 4 is 11.8 Å². The average molecular weight is 431 g/mol. The number of hydrogen-bond acceptors (Lipinski definition) is 6. The molecule has 6 heteroatoms. The summed E-state index contributed by atoms with van der Waals surface area (Å²) < 4.78 is 5.72. The molecule has 2 fully saturated rings. The van der Waals surface area contributed by atoms with Gasteiger partial charge in [0.1, 0.15) is 6.10 Å². The van der Waals surface area contributed by atoms with E-state index >= 15 is 0 Å². The standard InChI is InChI=1S/C25H34O6/c1-7-12(2)22(29)31-21-13(3)10-24-14(4)8-17-18(23(17,5)6)16(20(24)28)9-15(11-26)19(27)25(21,24)30/h7,9-10,14,16-19,21,26-27,30H,8,11H2,1-6H3/b12-7-/t14-,16+,17-,18+,19-,21+,24-,25+/m1/s1. The number of hydrogen-bond donors (Lipinski definition) is 3. The van der Waals surface area contributed by atoms with Gasteiger partial charge in [-0.3, -0.25) is 4.79 Å². The second-order valence-corrected chi connectivity index (χ2v) is 10.6. The molecule has 8 atom stereocenters. The van der Waals surface area contributed by atoms with E-state index in [9.17, 15) is 24.9 Å². The average Bonchev–Trinajstić information content (AvgIpc) is 3.21. The third-order valence-corrected chi connectivity index (χ3v) is 8.88. The third kappa shape index (κ3) is 2.61. The van der Waals surface area contributed by atoms with Crippen molar-refractivity contribution in [2.24, 2.45) is 34.5 Å². The van der Waals surface area contributed by atoms with E-state index in [-0.39, 0.29) is 28.6 Å². The summed E-state index contributed by atoms with van der Waals surface area (Å²) in [6.45, 7) is 10.8. The molecule has 2 bridgehead atoms. The number of fused-ring (bicyclic) bond motifs is 3. The van der Waals surface area contributed by atoms with E-state index in [2.05, 4.69) is 13.8 Å². The maximum absolute atomic E-state index is 14.2. The molecule has 0 heterocycles. The van der Waals surface area contributed by atoms with Gasteiger partial charge in [-0.15, -0.1) is 0 Å². The van der Waals surface area contributed by atoms with E-state index in [0.717, 1.165) is 6.42 Å². The number of esters is 1. The lowest BCUT2D eigenvalue weighted by atomic mass is 9.59. The summed E-state index contributed by atoms with van der Waals surface area (Å²) in [4.78, 5) is 26.8. The highest BCUT2D eigenvalue weighted by molar-refractivity contribution is 5.96. The van der Waals surface area contributed by atoms with Gasteiger partial charge in [0.25, 0.3) is 0 Å². The molecular formula is C25H34O6. The van der Waals surface area contributed by atoms with Crippen molar-refractivity contribution in [3.8, 4) is 0 Å². The van der Waals surface area contributed by atoms with Crippen LogP contribution in [0.5, 0.6) is 0 Å². The van der Waals surface area contributed by atoms with Crippen molar-refractivity contribution in [1.29, 1.82) is 0 Å². The molecule has 0 aromatic carbocycles. The first kappa shape index (κ1) is 22.4. The number of carbonyl (C=O) groups is 2. The first-order valence-electron chi connectivity index (χ1n) is 11.2. The van der Waals surface area contributed by atoms with Gasteiger partial charge < -0.3 is 20.1 Å². The Morgan fingerprint density at radius 1 is 1.35 bits per heavy atom. The molecule has 0 unspecified atom stereocenters. The zero-order chi connectivity index (χ0) is 23.1. The zero-order valence-electron chi connectivity index (χ0n) is 19.2. The molecule has 4 aliphatic carbocycles. The Hall–Kier alpha value is -1.76. The molecule has 2 saturated carbocycles. The van der Waals surface area contributed by atoms with Crippen LogP contribution in [-0.2, 0) is 14.3 Å². The van der Waals surface area contributed by atoms with Crippen LogP contribution in [0.25, 0.3) is 0 Å². The zero-order valence-corrected chi connectivity index (χ0v) is 19.2. The van der Waals surface area contributed by atoms with Gasteiger partial charge in [0.2, 0.25) is 0 Å². The molecule has 0 aliphatic heterocycles. The van der Waals surface area contributed by atoms with Crippen LogP contribution in [0.15, 0.2) is 34.9 Å². The molecule has 4 rings (SSSR count). The van der Waals surface area contributed by atoms with Crippen LogP contribution in [0, 0.1) is 34.5 Å².